The molecule has 1 saturated carbocycles. The molecule has 0 aliphatic heterocycles. The van der Waals surface area contributed by atoms with Crippen LogP contribution in [0.4, 0.5) is 0 Å². The molecule has 7 rings (SSSR count). The van der Waals surface area contributed by atoms with E-state index < -0.39 is 0 Å². The standard InChI is InChI=1S/C40H40O2/c1-26-19-33-32(20-31(26)28-15-17-29(18-16-28)42-22-27-11-7-6-8-12-27)36(41)21-35-37(33)30-13-9-10-14-34(30)40(35)24-38(2,3)23-39(4,5)25-40/h6-21,41H,22-25H2,1-5H3. The van der Waals surface area contributed by atoms with E-state index in [1.807, 2.05) is 30.3 Å². The summed E-state index contributed by atoms with van der Waals surface area (Å²) in [5.74, 6) is 1.23. The second kappa shape index (κ2) is 9.49. The Hall–Kier alpha value is -4.04. The molecule has 0 unspecified atom stereocenters. The fourth-order valence-electron chi connectivity index (χ4n) is 8.77. The largest absolute Gasteiger partial charge is 0.507 e. The average Bonchev–Trinajstić information content (AvgIpc) is 3.19. The lowest BCUT2D eigenvalue weighted by molar-refractivity contribution is 0.0645. The number of hydrogen-bond acceptors (Lipinski definition) is 2. The molecule has 0 aromatic heterocycles. The second-order valence-electron chi connectivity index (χ2n) is 14.3. The zero-order valence-corrected chi connectivity index (χ0v) is 25.4. The van der Waals surface area contributed by atoms with E-state index in [2.05, 4.69) is 101 Å². The van der Waals surface area contributed by atoms with Crippen LogP contribution in [0.3, 0.4) is 0 Å². The van der Waals surface area contributed by atoms with Crippen LogP contribution in [0.2, 0.25) is 0 Å². The number of benzene rings is 5. The lowest BCUT2D eigenvalue weighted by Gasteiger charge is -2.51. The highest BCUT2D eigenvalue weighted by molar-refractivity contribution is 6.07. The molecule has 0 amide bonds. The Bertz CT molecular complexity index is 1790. The van der Waals surface area contributed by atoms with Crippen molar-refractivity contribution in [3.63, 3.8) is 0 Å². The van der Waals surface area contributed by atoms with E-state index in [0.29, 0.717) is 12.4 Å². The van der Waals surface area contributed by atoms with E-state index in [9.17, 15) is 5.11 Å². The predicted octanol–water partition coefficient (Wildman–Crippen LogP) is 10.6. The molecule has 1 fully saturated rings. The maximum absolute atomic E-state index is 11.7. The van der Waals surface area contributed by atoms with Crippen molar-refractivity contribution >= 4 is 10.8 Å². The summed E-state index contributed by atoms with van der Waals surface area (Å²) < 4.78 is 6.03. The first-order valence-corrected chi connectivity index (χ1v) is 15.2. The van der Waals surface area contributed by atoms with Gasteiger partial charge in [-0.15, -0.1) is 0 Å². The van der Waals surface area contributed by atoms with Gasteiger partial charge in [0.15, 0.2) is 0 Å². The van der Waals surface area contributed by atoms with E-state index in [1.54, 1.807) is 0 Å². The third kappa shape index (κ3) is 4.40. The summed E-state index contributed by atoms with van der Waals surface area (Å²) >= 11 is 0. The smallest absolute Gasteiger partial charge is 0.123 e. The van der Waals surface area contributed by atoms with Crippen LogP contribution < -0.4 is 4.74 Å². The lowest BCUT2D eigenvalue weighted by atomic mass is 9.52. The van der Waals surface area contributed by atoms with Crippen molar-refractivity contribution in [3.8, 4) is 33.8 Å². The number of phenols is 1. The van der Waals surface area contributed by atoms with Crippen molar-refractivity contribution in [2.75, 3.05) is 0 Å². The van der Waals surface area contributed by atoms with Crippen molar-refractivity contribution in [2.45, 2.75) is 65.9 Å². The molecular weight excluding hydrogens is 512 g/mol. The fourth-order valence-corrected chi connectivity index (χ4v) is 8.77. The van der Waals surface area contributed by atoms with Gasteiger partial charge in [0.1, 0.15) is 18.1 Å². The van der Waals surface area contributed by atoms with Gasteiger partial charge in [0.05, 0.1) is 0 Å². The van der Waals surface area contributed by atoms with E-state index in [-0.39, 0.29) is 16.2 Å². The van der Waals surface area contributed by atoms with Gasteiger partial charge in [-0.25, -0.2) is 0 Å². The van der Waals surface area contributed by atoms with Gasteiger partial charge < -0.3 is 9.84 Å². The lowest BCUT2D eigenvalue weighted by Crippen LogP contribution is -2.43. The minimum Gasteiger partial charge on any atom is -0.507 e. The molecule has 2 aliphatic rings. The van der Waals surface area contributed by atoms with Crippen LogP contribution in [0.15, 0.2) is 97.1 Å². The molecule has 0 radical (unpaired) electrons. The summed E-state index contributed by atoms with van der Waals surface area (Å²) in [4.78, 5) is 0. The molecule has 2 nitrogen and oxygen atoms in total. The third-order valence-corrected chi connectivity index (χ3v) is 9.62. The van der Waals surface area contributed by atoms with Gasteiger partial charge >= 0.3 is 0 Å². The first-order valence-electron chi connectivity index (χ1n) is 15.2. The van der Waals surface area contributed by atoms with Crippen molar-refractivity contribution < 1.29 is 9.84 Å². The van der Waals surface area contributed by atoms with Gasteiger partial charge in [0.25, 0.3) is 0 Å². The molecule has 0 bridgehead atoms. The number of aromatic hydroxyl groups is 1. The predicted molar refractivity (Wildman–Crippen MR) is 174 cm³/mol. The Morgan fingerprint density at radius 3 is 2.05 bits per heavy atom. The average molecular weight is 553 g/mol. The molecule has 212 valence electrons. The van der Waals surface area contributed by atoms with Crippen LogP contribution in [0.25, 0.3) is 33.0 Å². The van der Waals surface area contributed by atoms with E-state index >= 15 is 0 Å². The van der Waals surface area contributed by atoms with Crippen LogP contribution in [0.1, 0.15) is 69.2 Å². The monoisotopic (exact) mass is 552 g/mol. The van der Waals surface area contributed by atoms with Crippen LogP contribution >= 0.6 is 0 Å². The zero-order chi connectivity index (χ0) is 29.3. The topological polar surface area (TPSA) is 29.5 Å². The van der Waals surface area contributed by atoms with Gasteiger partial charge in [-0.2, -0.15) is 0 Å². The Kier molecular flexibility index (Phi) is 6.06. The fraction of sp³-hybridized carbons (Fsp3) is 0.300. The number of fused-ring (bicyclic) bond motifs is 7. The number of rotatable bonds is 4. The molecule has 2 aliphatic carbocycles. The molecule has 2 heteroatoms. The molecule has 5 aromatic rings. The van der Waals surface area contributed by atoms with E-state index in [0.717, 1.165) is 46.1 Å². The van der Waals surface area contributed by atoms with Crippen LogP contribution in [0, 0.1) is 17.8 Å². The first-order chi connectivity index (χ1) is 20.1. The Morgan fingerprint density at radius 2 is 1.33 bits per heavy atom. The minimum atomic E-state index is -0.0923. The second-order valence-corrected chi connectivity index (χ2v) is 14.3. The molecule has 42 heavy (non-hydrogen) atoms. The Morgan fingerprint density at radius 1 is 0.667 bits per heavy atom. The minimum absolute atomic E-state index is 0.0923. The van der Waals surface area contributed by atoms with Gasteiger partial charge in [-0.05, 0) is 111 Å². The normalized spacial score (nSPS) is 17.6. The Balaban J connectivity index is 1.32. The first kappa shape index (κ1) is 26.8. The van der Waals surface area contributed by atoms with Crippen molar-refractivity contribution in [1.29, 1.82) is 0 Å². The van der Waals surface area contributed by atoms with Crippen molar-refractivity contribution in [1.82, 2.24) is 0 Å². The summed E-state index contributed by atoms with van der Waals surface area (Å²) in [7, 11) is 0. The molecule has 1 spiro atoms. The van der Waals surface area contributed by atoms with Gasteiger partial charge in [0.2, 0.25) is 0 Å². The molecule has 5 aromatic carbocycles. The van der Waals surface area contributed by atoms with Gasteiger partial charge in [-0.1, -0.05) is 100 Å². The van der Waals surface area contributed by atoms with Crippen molar-refractivity contribution in [3.05, 3.63) is 119 Å². The van der Waals surface area contributed by atoms with Crippen LogP contribution in [-0.4, -0.2) is 5.11 Å². The molecular formula is C40H40O2. The van der Waals surface area contributed by atoms with E-state index in [4.69, 9.17) is 4.74 Å². The molecule has 0 heterocycles. The highest BCUT2D eigenvalue weighted by atomic mass is 16.5. The highest BCUT2D eigenvalue weighted by Crippen LogP contribution is 2.64. The third-order valence-electron chi connectivity index (χ3n) is 9.62. The number of aryl methyl sites for hydroxylation is 1. The van der Waals surface area contributed by atoms with Crippen LogP contribution in [0.5, 0.6) is 11.5 Å². The maximum atomic E-state index is 11.7. The molecule has 0 saturated heterocycles. The number of hydrogen-bond donors (Lipinski definition) is 1. The summed E-state index contributed by atoms with van der Waals surface area (Å²) in [6, 6.07) is 34.1. The Labute approximate surface area is 250 Å². The van der Waals surface area contributed by atoms with Crippen LogP contribution in [-0.2, 0) is 12.0 Å². The summed E-state index contributed by atoms with van der Waals surface area (Å²) in [6.07, 6.45) is 3.39. The number of phenolic OH excluding ortho intramolecular Hbond substituents is 1. The zero-order valence-electron chi connectivity index (χ0n) is 25.4. The van der Waals surface area contributed by atoms with E-state index in [1.165, 1.54) is 34.2 Å². The quantitative estimate of drug-likeness (QED) is 0.240. The summed E-state index contributed by atoms with van der Waals surface area (Å²) in [6.45, 7) is 12.4. The van der Waals surface area contributed by atoms with Gasteiger partial charge in [-0.3, -0.25) is 0 Å². The molecule has 1 N–H and O–H groups in total. The maximum Gasteiger partial charge on any atom is 0.123 e. The molecule has 0 atom stereocenters. The number of ether oxygens (including phenoxy) is 1. The summed E-state index contributed by atoms with van der Waals surface area (Å²) in [5, 5.41) is 13.7. The summed E-state index contributed by atoms with van der Waals surface area (Å²) in [5.41, 5.74) is 10.3. The SMILES string of the molecule is Cc1cc2c3c(cc(O)c2cc1-c1ccc(OCc2ccccc2)cc1)C1(CC(C)(C)CC(C)(C)C1)c1ccccc1-3. The highest BCUT2D eigenvalue weighted by Gasteiger charge is 2.53. The van der Waals surface area contributed by atoms with Crippen molar-refractivity contribution in [2.24, 2.45) is 10.8 Å². The van der Waals surface area contributed by atoms with Gasteiger partial charge in [0, 0.05) is 10.8 Å².